The highest BCUT2D eigenvalue weighted by atomic mass is 32.2. The summed E-state index contributed by atoms with van der Waals surface area (Å²) in [5, 5.41) is 31.4. The van der Waals surface area contributed by atoms with E-state index in [0.717, 1.165) is 71.0 Å². The molecule has 9 rings (SSSR count). The number of hydrogen-bond donors (Lipinski definition) is 8. The lowest BCUT2D eigenvalue weighted by Gasteiger charge is -2.39. The summed E-state index contributed by atoms with van der Waals surface area (Å²) in [6, 6.07) is 21.9. The van der Waals surface area contributed by atoms with Crippen LogP contribution in [0.3, 0.4) is 0 Å². The van der Waals surface area contributed by atoms with Crippen LogP contribution in [0.2, 0.25) is 0 Å². The molecule has 0 aliphatic carbocycles. The van der Waals surface area contributed by atoms with Crippen molar-refractivity contribution in [2.24, 2.45) is 17.8 Å². The Labute approximate surface area is 533 Å². The Morgan fingerprint density at radius 3 is 1.20 bits per heavy atom. The Bertz CT molecular complexity index is 3480. The van der Waals surface area contributed by atoms with Crippen molar-refractivity contribution >= 4 is 74.7 Å². The number of methoxy groups -OCH3 is 3. The predicted octanol–water partition coefficient (Wildman–Crippen LogP) is 9.12. The molecule has 0 unspecified atom stereocenters. The first-order chi connectivity index (χ1) is 43.0. The molecule has 3 fully saturated rings. The van der Waals surface area contributed by atoms with Gasteiger partial charge in [0.15, 0.2) is 34.5 Å². The first kappa shape index (κ1) is 71.0. The van der Waals surface area contributed by atoms with Crippen molar-refractivity contribution in [1.82, 2.24) is 45.0 Å². The first-order valence-corrected chi connectivity index (χ1v) is 31.3. The predicted molar refractivity (Wildman–Crippen MR) is 350 cm³/mol. The molecular weight excluding hydrogens is 1190 g/mol. The van der Waals surface area contributed by atoms with Gasteiger partial charge in [-0.2, -0.15) is 23.4 Å². The molecule has 3 aliphatic rings. The van der Waals surface area contributed by atoms with Crippen LogP contribution in [0.1, 0.15) is 58.6 Å². The third-order valence-corrected chi connectivity index (χ3v) is 13.7. The van der Waals surface area contributed by atoms with Crippen molar-refractivity contribution < 1.29 is 60.5 Å². The lowest BCUT2D eigenvalue weighted by Crippen LogP contribution is -2.53. The first-order valence-electron chi connectivity index (χ1n) is 29.4. The molecular formula is C62H89N15O13S. The number of nitrogens with zero attached hydrogens (tertiary/aromatic N) is 8. The molecule has 91 heavy (non-hydrogen) atoms. The van der Waals surface area contributed by atoms with Gasteiger partial charge in [0, 0.05) is 149 Å². The number of carbonyl (C=O) groups excluding carboxylic acids is 2. The average molecular weight is 1280 g/mol. The lowest BCUT2D eigenvalue weighted by atomic mass is 10.0. The minimum absolute atomic E-state index is 0.0639. The molecule has 3 aromatic carbocycles. The van der Waals surface area contributed by atoms with Crippen molar-refractivity contribution in [2.75, 3.05) is 140 Å². The molecule has 0 saturated carbocycles. The number of nitrogens with one attached hydrogen (secondary N) is 7. The summed E-state index contributed by atoms with van der Waals surface area (Å²) in [5.41, 5.74) is 3.91. The van der Waals surface area contributed by atoms with Crippen LogP contribution in [0.4, 0.5) is 61.9 Å². The monoisotopic (exact) mass is 1280 g/mol. The third kappa shape index (κ3) is 23.7. The third-order valence-electron chi connectivity index (χ3n) is 13.2. The standard InChI is InChI=1S/C22H31N5O4.C17H23N5O2.C13H16N4O2.C10H19NO5S/c1-14-9-19(23-5)26-20(24-14)25-16-7-8-17(29-6)18(10-16)30-13-15-11-27(12-15)21(28)31-22(2,3)4;1-11-6-16(18-2)22-17(20-11)21-13-4-5-14(23-3)15(7-13)24-10-12-8-19-9-12;1-8-6-12(14-2)17-13(15-8)16-9-4-5-11(19-3)10(18)7-9;1-10(2,3)16-9(12)11-5-8(6-11)7-15-17(4,13)14/h7-10,15H,11-13H2,1-6H3,(H2,23,24,25,26);4-7,12,19H,8-10H2,1-3H3,(H2,18,20,21,22);4-7,18H,1-3H3,(H2,14,15,16,17);8H,5-7H2,1-4H3. The molecule has 0 spiro atoms. The van der Waals surface area contributed by atoms with Crippen LogP contribution in [0.15, 0.2) is 72.8 Å². The van der Waals surface area contributed by atoms with Gasteiger partial charge in [-0.15, -0.1) is 0 Å². The quantitative estimate of drug-likeness (QED) is 0.0311. The zero-order valence-electron chi connectivity index (χ0n) is 54.9. The van der Waals surface area contributed by atoms with Gasteiger partial charge in [0.1, 0.15) is 28.7 Å². The van der Waals surface area contributed by atoms with Crippen molar-refractivity contribution in [3.8, 4) is 34.5 Å². The van der Waals surface area contributed by atoms with Crippen LogP contribution >= 0.6 is 0 Å². The number of amides is 2. The van der Waals surface area contributed by atoms with E-state index in [-0.39, 0.29) is 36.4 Å². The number of likely N-dealkylation sites (tertiary alicyclic amines) is 2. The maximum atomic E-state index is 12.1. The number of rotatable bonds is 21. The van der Waals surface area contributed by atoms with E-state index >= 15 is 0 Å². The lowest BCUT2D eigenvalue weighted by molar-refractivity contribution is -0.00856. The molecule has 6 heterocycles. The minimum atomic E-state index is -3.40. The molecule has 8 N–H and O–H groups in total. The number of aromatic hydroxyl groups is 1. The largest absolute Gasteiger partial charge is 0.504 e. The van der Waals surface area contributed by atoms with E-state index in [0.29, 0.717) is 91.8 Å². The molecule has 3 aromatic heterocycles. The zero-order valence-corrected chi connectivity index (χ0v) is 55.7. The number of carbonyl (C=O) groups is 2. The SMILES string of the molecule is CC(C)(C)OC(=O)N1CC(COS(C)(=O)=O)C1.CNc1cc(C)nc(Nc2ccc(OC)c(O)c2)n1.CNc1cc(C)nc(Nc2ccc(OC)c(OCC3CN(C(=O)OC(C)(C)C)C3)c2)n1.CNc1cc(C)nc(Nc2ccc(OC)c(OCC3CNC3)c2)n1. The summed E-state index contributed by atoms with van der Waals surface area (Å²) in [6.07, 6.45) is 0.358. The molecule has 0 radical (unpaired) electrons. The van der Waals surface area contributed by atoms with Crippen molar-refractivity contribution in [3.05, 3.63) is 89.9 Å². The van der Waals surface area contributed by atoms with Crippen LogP contribution in [-0.2, 0) is 23.8 Å². The van der Waals surface area contributed by atoms with Gasteiger partial charge in [-0.05, 0) is 98.7 Å². The maximum Gasteiger partial charge on any atom is 0.410 e. The average Bonchev–Trinajstić information content (AvgIpc) is 1.54. The van der Waals surface area contributed by atoms with Crippen LogP contribution in [0, 0.1) is 38.5 Å². The van der Waals surface area contributed by atoms with Crippen LogP contribution in [0.5, 0.6) is 34.5 Å². The van der Waals surface area contributed by atoms with Gasteiger partial charge in [0.25, 0.3) is 10.1 Å². The Balaban J connectivity index is 0.000000198. The second kappa shape index (κ2) is 32.6. The van der Waals surface area contributed by atoms with Crippen LogP contribution < -0.4 is 60.9 Å². The Kier molecular flexibility index (Phi) is 25.4. The minimum Gasteiger partial charge on any atom is -0.504 e. The number of phenols is 1. The molecule has 0 atom stereocenters. The van der Waals surface area contributed by atoms with E-state index in [9.17, 15) is 23.1 Å². The second-order valence-corrected chi connectivity index (χ2v) is 25.2. The molecule has 3 aliphatic heterocycles. The van der Waals surface area contributed by atoms with Gasteiger partial charge in [-0.3, -0.25) is 4.18 Å². The van der Waals surface area contributed by atoms with Crippen molar-refractivity contribution in [1.29, 1.82) is 0 Å². The maximum absolute atomic E-state index is 12.1. The van der Waals surface area contributed by atoms with E-state index < -0.39 is 21.3 Å². The number of aromatic nitrogens is 6. The van der Waals surface area contributed by atoms with Crippen molar-refractivity contribution in [3.63, 3.8) is 0 Å². The van der Waals surface area contributed by atoms with Gasteiger partial charge >= 0.3 is 12.2 Å². The Morgan fingerprint density at radius 1 is 0.527 bits per heavy atom. The van der Waals surface area contributed by atoms with Gasteiger partial charge < -0.3 is 85.3 Å². The molecule has 0 bridgehead atoms. The summed E-state index contributed by atoms with van der Waals surface area (Å²) in [6.45, 7) is 22.2. The number of phenolic OH excluding ortho intramolecular Hbond substituents is 1. The zero-order chi connectivity index (χ0) is 66.6. The fourth-order valence-electron chi connectivity index (χ4n) is 8.55. The number of hydrogen-bond acceptors (Lipinski definition) is 26. The van der Waals surface area contributed by atoms with Crippen LogP contribution in [0.25, 0.3) is 0 Å². The van der Waals surface area contributed by atoms with E-state index in [2.05, 4.69) is 71.3 Å². The van der Waals surface area contributed by atoms with E-state index in [4.69, 9.17) is 33.2 Å². The smallest absolute Gasteiger partial charge is 0.410 e. The highest BCUT2D eigenvalue weighted by Gasteiger charge is 2.36. The fourth-order valence-corrected chi connectivity index (χ4v) is 8.99. The van der Waals surface area contributed by atoms with Gasteiger partial charge in [-0.1, -0.05) is 0 Å². The topological polar surface area (TPSA) is 330 Å². The molecule has 28 nitrogen and oxygen atoms in total. The number of benzene rings is 3. The second-order valence-electron chi connectivity index (χ2n) is 23.5. The normalized spacial score (nSPS) is 13.8. The van der Waals surface area contributed by atoms with E-state index in [1.165, 1.54) is 12.0 Å². The molecule has 29 heteroatoms. The van der Waals surface area contributed by atoms with Gasteiger partial charge in [0.2, 0.25) is 17.8 Å². The summed E-state index contributed by atoms with van der Waals surface area (Å²) in [7, 11) is 6.80. The highest BCUT2D eigenvalue weighted by molar-refractivity contribution is 7.86. The molecule has 6 aromatic rings. The summed E-state index contributed by atoms with van der Waals surface area (Å²) < 4.78 is 64.4. The van der Waals surface area contributed by atoms with Gasteiger partial charge in [0.05, 0.1) is 47.4 Å². The van der Waals surface area contributed by atoms with E-state index in [1.807, 2.05) is 110 Å². The van der Waals surface area contributed by atoms with Crippen LogP contribution in [-0.4, -0.2) is 184 Å². The summed E-state index contributed by atoms with van der Waals surface area (Å²) in [5.74, 6) is 7.78. The van der Waals surface area contributed by atoms with Gasteiger partial charge in [-0.25, -0.2) is 24.5 Å². The Hall–Kier alpha value is -9.09. The molecule has 3 saturated heterocycles. The summed E-state index contributed by atoms with van der Waals surface area (Å²) in [4.78, 5) is 53.0. The van der Waals surface area contributed by atoms with Crippen molar-refractivity contribution in [2.45, 2.75) is 73.5 Å². The number of anilines is 9. The Morgan fingerprint density at radius 2 is 0.879 bits per heavy atom. The summed E-state index contributed by atoms with van der Waals surface area (Å²) >= 11 is 0. The fraction of sp³-hybridized carbons (Fsp3) is 0.484. The molecule has 496 valence electrons. The van der Waals surface area contributed by atoms with E-state index in [1.54, 1.807) is 65.1 Å². The highest BCUT2D eigenvalue weighted by Crippen LogP contribution is 2.35. The number of aryl methyl sites for hydroxylation is 3. The molecule has 2 amide bonds. The number of ether oxygens (including phenoxy) is 7.